The lowest BCUT2D eigenvalue weighted by Crippen LogP contribution is -2.18. The fourth-order valence-electron chi connectivity index (χ4n) is 3.22. The molecule has 0 aliphatic rings. The molecule has 3 N–H and O–H groups in total. The van der Waals surface area contributed by atoms with E-state index in [1.807, 2.05) is 19.1 Å². The summed E-state index contributed by atoms with van der Waals surface area (Å²) in [7, 11) is -4.03. The third-order valence-electron chi connectivity index (χ3n) is 4.86. The monoisotopic (exact) mass is 451 g/mol. The van der Waals surface area contributed by atoms with Crippen molar-refractivity contribution in [1.29, 1.82) is 0 Å². The second-order valence-corrected chi connectivity index (χ2v) is 8.82. The molecule has 9 heteroatoms. The standard InChI is InChI=1S/C23H18FN3O4S/c1-14-4-2-3-5-20(14)26-23(29)19-13-22(28)25-21-11-10-17(12-18(19)21)32(30,31)27-16-8-6-15(24)7-9-16/h2-13,27H,1H3,(H,25,28)(H,26,29). The molecule has 0 atom stereocenters. The minimum atomic E-state index is -4.03. The van der Waals surface area contributed by atoms with Crippen molar-refractivity contribution >= 4 is 38.2 Å². The van der Waals surface area contributed by atoms with Gasteiger partial charge in [-0.1, -0.05) is 18.2 Å². The van der Waals surface area contributed by atoms with Gasteiger partial charge in [-0.15, -0.1) is 0 Å². The molecule has 0 spiro atoms. The molecule has 1 aromatic heterocycles. The first kappa shape index (κ1) is 21.3. The van der Waals surface area contributed by atoms with Crippen LogP contribution in [0.25, 0.3) is 10.9 Å². The van der Waals surface area contributed by atoms with Crippen LogP contribution in [0.3, 0.4) is 0 Å². The highest BCUT2D eigenvalue weighted by Gasteiger charge is 2.19. The van der Waals surface area contributed by atoms with Crippen LogP contribution < -0.4 is 15.6 Å². The number of carbonyl (C=O) groups excluding carboxylic acids is 1. The topological polar surface area (TPSA) is 108 Å². The number of halogens is 1. The van der Waals surface area contributed by atoms with Crippen LogP contribution in [0.4, 0.5) is 15.8 Å². The van der Waals surface area contributed by atoms with Gasteiger partial charge in [0.1, 0.15) is 5.82 Å². The third kappa shape index (κ3) is 4.37. The van der Waals surface area contributed by atoms with Crippen molar-refractivity contribution in [1.82, 2.24) is 4.98 Å². The van der Waals surface area contributed by atoms with Gasteiger partial charge in [-0.2, -0.15) is 0 Å². The minimum Gasteiger partial charge on any atom is -0.322 e. The molecular weight excluding hydrogens is 433 g/mol. The van der Waals surface area contributed by atoms with Crippen LogP contribution in [0, 0.1) is 12.7 Å². The van der Waals surface area contributed by atoms with Gasteiger partial charge < -0.3 is 10.3 Å². The van der Waals surface area contributed by atoms with Crippen LogP contribution in [0.1, 0.15) is 15.9 Å². The van der Waals surface area contributed by atoms with Crippen molar-refractivity contribution in [3.63, 3.8) is 0 Å². The van der Waals surface area contributed by atoms with Crippen LogP contribution in [0.5, 0.6) is 0 Å². The summed E-state index contributed by atoms with van der Waals surface area (Å²) in [6.45, 7) is 1.83. The highest BCUT2D eigenvalue weighted by Crippen LogP contribution is 2.24. The van der Waals surface area contributed by atoms with E-state index in [0.29, 0.717) is 11.2 Å². The van der Waals surface area contributed by atoms with Crippen LogP contribution in [-0.4, -0.2) is 19.3 Å². The van der Waals surface area contributed by atoms with Crippen LogP contribution >= 0.6 is 0 Å². The average Bonchev–Trinajstić information content (AvgIpc) is 2.76. The molecule has 0 saturated heterocycles. The van der Waals surface area contributed by atoms with Gasteiger partial charge in [-0.3, -0.25) is 14.3 Å². The van der Waals surface area contributed by atoms with Gasteiger partial charge in [0, 0.05) is 28.3 Å². The fraction of sp³-hybridized carbons (Fsp3) is 0.0435. The molecule has 7 nitrogen and oxygen atoms in total. The zero-order chi connectivity index (χ0) is 22.9. The summed E-state index contributed by atoms with van der Waals surface area (Å²) in [4.78, 5) is 27.5. The van der Waals surface area contributed by atoms with Crippen molar-refractivity contribution in [3.8, 4) is 0 Å². The Morgan fingerprint density at radius 3 is 2.41 bits per heavy atom. The number of para-hydroxylation sites is 1. The van der Waals surface area contributed by atoms with Gasteiger partial charge in [-0.05, 0) is 61.0 Å². The number of carbonyl (C=O) groups is 1. The number of hydrogen-bond acceptors (Lipinski definition) is 4. The maximum Gasteiger partial charge on any atom is 0.261 e. The van der Waals surface area contributed by atoms with E-state index in [4.69, 9.17) is 0 Å². The predicted octanol–water partition coefficient (Wildman–Crippen LogP) is 4.03. The maximum absolute atomic E-state index is 13.1. The molecule has 0 radical (unpaired) electrons. The number of rotatable bonds is 5. The number of aromatic nitrogens is 1. The SMILES string of the molecule is Cc1ccccc1NC(=O)c1cc(=O)[nH]c2ccc(S(=O)(=O)Nc3ccc(F)cc3)cc12. The van der Waals surface area contributed by atoms with E-state index in [9.17, 15) is 22.4 Å². The molecule has 0 aliphatic heterocycles. The quantitative estimate of drug-likeness (QED) is 0.426. The number of amides is 1. The summed E-state index contributed by atoms with van der Waals surface area (Å²) in [6, 6.07) is 17.2. The van der Waals surface area contributed by atoms with Gasteiger partial charge in [0.05, 0.1) is 10.5 Å². The fourth-order valence-corrected chi connectivity index (χ4v) is 4.31. The Morgan fingerprint density at radius 2 is 1.69 bits per heavy atom. The van der Waals surface area contributed by atoms with E-state index >= 15 is 0 Å². The first-order valence-corrected chi connectivity index (χ1v) is 11.0. The lowest BCUT2D eigenvalue weighted by molar-refractivity contribution is 0.102. The Balaban J connectivity index is 1.75. The minimum absolute atomic E-state index is 0.0332. The largest absolute Gasteiger partial charge is 0.322 e. The second-order valence-electron chi connectivity index (χ2n) is 7.14. The summed E-state index contributed by atoms with van der Waals surface area (Å²) in [5.74, 6) is -1.04. The molecule has 3 aromatic carbocycles. The zero-order valence-electron chi connectivity index (χ0n) is 16.8. The Kier molecular flexibility index (Phi) is 5.50. The predicted molar refractivity (Wildman–Crippen MR) is 121 cm³/mol. The Labute approximate surface area is 183 Å². The van der Waals surface area contributed by atoms with Crippen LogP contribution in [-0.2, 0) is 10.0 Å². The smallest absolute Gasteiger partial charge is 0.261 e. The molecule has 0 aliphatic carbocycles. The number of sulfonamides is 1. The molecule has 162 valence electrons. The molecule has 4 rings (SSSR count). The number of H-pyrrole nitrogens is 1. The summed E-state index contributed by atoms with van der Waals surface area (Å²) < 4.78 is 41.1. The van der Waals surface area contributed by atoms with Gasteiger partial charge in [0.2, 0.25) is 5.56 Å². The van der Waals surface area contributed by atoms with Gasteiger partial charge >= 0.3 is 0 Å². The number of nitrogens with one attached hydrogen (secondary N) is 3. The van der Waals surface area contributed by atoms with E-state index in [2.05, 4.69) is 15.0 Å². The molecule has 0 fully saturated rings. The lowest BCUT2D eigenvalue weighted by Gasteiger charge is -2.12. The maximum atomic E-state index is 13.1. The molecule has 0 bridgehead atoms. The summed E-state index contributed by atoms with van der Waals surface area (Å²) >= 11 is 0. The third-order valence-corrected chi connectivity index (χ3v) is 6.24. The number of pyridine rings is 1. The summed E-state index contributed by atoms with van der Waals surface area (Å²) in [5.41, 5.74) is 1.45. The van der Waals surface area contributed by atoms with Crippen LogP contribution in [0.15, 0.2) is 82.5 Å². The molecule has 0 unspecified atom stereocenters. The number of hydrogen-bond donors (Lipinski definition) is 3. The zero-order valence-corrected chi connectivity index (χ0v) is 17.7. The number of benzene rings is 3. The normalized spacial score (nSPS) is 11.3. The molecule has 1 heterocycles. The number of anilines is 2. The number of aromatic amines is 1. The first-order chi connectivity index (χ1) is 15.2. The average molecular weight is 451 g/mol. The molecule has 0 saturated carbocycles. The van der Waals surface area contributed by atoms with E-state index in [1.54, 1.807) is 12.1 Å². The number of aryl methyl sites for hydroxylation is 1. The summed E-state index contributed by atoms with van der Waals surface area (Å²) in [6.07, 6.45) is 0. The Hall–Kier alpha value is -3.98. The van der Waals surface area contributed by atoms with E-state index < -0.39 is 27.3 Å². The van der Waals surface area contributed by atoms with Crippen molar-refractivity contribution in [2.45, 2.75) is 11.8 Å². The second kappa shape index (κ2) is 8.27. The van der Waals surface area contributed by atoms with Gasteiger partial charge in [0.25, 0.3) is 15.9 Å². The van der Waals surface area contributed by atoms with Crippen molar-refractivity contribution < 1.29 is 17.6 Å². The Bertz CT molecular complexity index is 1500. The number of fused-ring (bicyclic) bond motifs is 1. The highest BCUT2D eigenvalue weighted by molar-refractivity contribution is 7.92. The molecule has 4 aromatic rings. The van der Waals surface area contributed by atoms with E-state index in [0.717, 1.165) is 23.8 Å². The first-order valence-electron chi connectivity index (χ1n) is 9.55. The van der Waals surface area contributed by atoms with Crippen molar-refractivity contribution in [2.24, 2.45) is 0 Å². The highest BCUT2D eigenvalue weighted by atomic mass is 32.2. The van der Waals surface area contributed by atoms with E-state index in [-0.39, 0.29) is 21.5 Å². The molecule has 32 heavy (non-hydrogen) atoms. The van der Waals surface area contributed by atoms with Gasteiger partial charge in [0.15, 0.2) is 0 Å². The van der Waals surface area contributed by atoms with E-state index in [1.165, 1.54) is 30.3 Å². The summed E-state index contributed by atoms with van der Waals surface area (Å²) in [5, 5.41) is 3.02. The van der Waals surface area contributed by atoms with Crippen molar-refractivity contribution in [2.75, 3.05) is 10.0 Å². The molecular formula is C23H18FN3O4S. The lowest BCUT2D eigenvalue weighted by atomic mass is 10.1. The Morgan fingerprint density at radius 1 is 0.969 bits per heavy atom. The molecule has 1 amide bonds. The van der Waals surface area contributed by atoms with Gasteiger partial charge in [-0.25, -0.2) is 12.8 Å². The van der Waals surface area contributed by atoms with Crippen LogP contribution in [0.2, 0.25) is 0 Å². The van der Waals surface area contributed by atoms with Crippen molar-refractivity contribution in [3.05, 3.63) is 100 Å².